The lowest BCUT2D eigenvalue weighted by Crippen LogP contribution is -2.46. The minimum Gasteiger partial charge on any atom is -0.354 e. The first-order chi connectivity index (χ1) is 9.86. The van der Waals surface area contributed by atoms with Crippen molar-refractivity contribution in [2.75, 3.05) is 6.54 Å². The number of halogens is 2. The molecule has 1 rings (SSSR count). The van der Waals surface area contributed by atoms with Crippen LogP contribution in [0.5, 0.6) is 0 Å². The van der Waals surface area contributed by atoms with Crippen molar-refractivity contribution in [3.8, 4) is 0 Å². The van der Waals surface area contributed by atoms with E-state index < -0.39 is 17.5 Å². The minimum absolute atomic E-state index is 0.0191. The predicted octanol–water partition coefficient (Wildman–Crippen LogP) is 0.581. The molecule has 1 atom stereocenters. The number of aromatic nitrogens is 2. The zero-order valence-electron chi connectivity index (χ0n) is 11.7. The molecular formula is C12H16Cl2N4O3. The standard InChI is InChI=1S/C12H16Cl2N4O3/c1-3-4-15-11(20)7(2)17-9(19)6-18-12(21)10(14)8(13)5-16-18/h5,7H,3-4,6H2,1-2H3,(H,15,20)(H,17,19)/t7-/m0/s1. The minimum atomic E-state index is -0.706. The van der Waals surface area contributed by atoms with Crippen LogP contribution in [0, 0.1) is 0 Å². The van der Waals surface area contributed by atoms with Crippen molar-refractivity contribution in [1.29, 1.82) is 0 Å². The quantitative estimate of drug-likeness (QED) is 0.795. The van der Waals surface area contributed by atoms with Gasteiger partial charge in [0.15, 0.2) is 0 Å². The second-order valence-corrected chi connectivity index (χ2v) is 5.13. The van der Waals surface area contributed by atoms with Crippen LogP contribution in [0.3, 0.4) is 0 Å². The van der Waals surface area contributed by atoms with E-state index in [0.717, 1.165) is 11.1 Å². The van der Waals surface area contributed by atoms with Crippen LogP contribution in [0.2, 0.25) is 10.0 Å². The molecule has 0 unspecified atom stereocenters. The smallest absolute Gasteiger partial charge is 0.287 e. The maximum absolute atomic E-state index is 11.8. The van der Waals surface area contributed by atoms with Crippen molar-refractivity contribution in [2.45, 2.75) is 32.9 Å². The number of carbonyl (C=O) groups excluding carboxylic acids is 2. The largest absolute Gasteiger partial charge is 0.354 e. The van der Waals surface area contributed by atoms with Gasteiger partial charge in [0.2, 0.25) is 11.8 Å². The maximum atomic E-state index is 11.8. The summed E-state index contributed by atoms with van der Waals surface area (Å²) >= 11 is 11.3. The van der Waals surface area contributed by atoms with Crippen LogP contribution in [-0.2, 0) is 16.1 Å². The summed E-state index contributed by atoms with van der Waals surface area (Å²) in [5.74, 6) is -0.818. The molecule has 0 saturated heterocycles. The van der Waals surface area contributed by atoms with Crippen LogP contribution in [0.1, 0.15) is 20.3 Å². The van der Waals surface area contributed by atoms with Gasteiger partial charge in [-0.25, -0.2) is 4.68 Å². The zero-order chi connectivity index (χ0) is 16.0. The summed E-state index contributed by atoms with van der Waals surface area (Å²) in [6.45, 7) is 3.66. The zero-order valence-corrected chi connectivity index (χ0v) is 13.2. The van der Waals surface area contributed by atoms with Gasteiger partial charge < -0.3 is 10.6 Å². The van der Waals surface area contributed by atoms with E-state index in [1.807, 2.05) is 6.92 Å². The Hall–Kier alpha value is -1.60. The van der Waals surface area contributed by atoms with E-state index in [-0.39, 0.29) is 22.5 Å². The molecule has 0 aliphatic rings. The van der Waals surface area contributed by atoms with Crippen molar-refractivity contribution in [3.63, 3.8) is 0 Å². The Balaban J connectivity index is 2.64. The van der Waals surface area contributed by atoms with Gasteiger partial charge in [-0.05, 0) is 13.3 Å². The van der Waals surface area contributed by atoms with E-state index in [2.05, 4.69) is 15.7 Å². The van der Waals surface area contributed by atoms with Crippen molar-refractivity contribution >= 4 is 35.0 Å². The fourth-order valence-corrected chi connectivity index (χ4v) is 1.72. The number of nitrogens with one attached hydrogen (secondary N) is 2. The fraction of sp³-hybridized carbons (Fsp3) is 0.500. The molecule has 1 aromatic rings. The van der Waals surface area contributed by atoms with E-state index in [4.69, 9.17) is 23.2 Å². The van der Waals surface area contributed by atoms with Gasteiger partial charge in [0.25, 0.3) is 5.56 Å². The van der Waals surface area contributed by atoms with Gasteiger partial charge in [0.1, 0.15) is 17.6 Å². The van der Waals surface area contributed by atoms with Crippen LogP contribution < -0.4 is 16.2 Å². The molecule has 0 aliphatic heterocycles. The summed E-state index contributed by atoms with van der Waals surface area (Å²) in [5.41, 5.74) is -0.664. The molecule has 7 nitrogen and oxygen atoms in total. The normalized spacial score (nSPS) is 11.8. The topological polar surface area (TPSA) is 93.1 Å². The summed E-state index contributed by atoms with van der Waals surface area (Å²) in [6.07, 6.45) is 1.98. The first kappa shape index (κ1) is 17.5. The van der Waals surface area contributed by atoms with Crippen molar-refractivity contribution < 1.29 is 9.59 Å². The highest BCUT2D eigenvalue weighted by atomic mass is 35.5. The van der Waals surface area contributed by atoms with Crippen LogP contribution in [0.25, 0.3) is 0 Å². The summed E-state index contributed by atoms with van der Waals surface area (Å²) in [6, 6.07) is -0.706. The number of nitrogens with zero attached hydrogens (tertiary/aromatic N) is 2. The molecule has 0 fully saturated rings. The highest BCUT2D eigenvalue weighted by molar-refractivity contribution is 6.41. The van der Waals surface area contributed by atoms with Crippen LogP contribution in [0.4, 0.5) is 0 Å². The second kappa shape index (κ2) is 7.99. The number of carbonyl (C=O) groups is 2. The van der Waals surface area contributed by atoms with Gasteiger partial charge in [-0.15, -0.1) is 0 Å². The third kappa shape index (κ3) is 5.02. The maximum Gasteiger partial charge on any atom is 0.287 e. The molecule has 2 amide bonds. The third-order valence-corrected chi connectivity index (χ3v) is 3.30. The molecule has 0 saturated carbocycles. The molecule has 0 radical (unpaired) electrons. The summed E-state index contributed by atoms with van der Waals surface area (Å²) in [4.78, 5) is 35.1. The molecule has 0 aromatic carbocycles. The highest BCUT2D eigenvalue weighted by Crippen LogP contribution is 2.14. The average Bonchev–Trinajstić information content (AvgIpc) is 2.45. The van der Waals surface area contributed by atoms with E-state index in [1.54, 1.807) is 6.92 Å². The summed E-state index contributed by atoms with van der Waals surface area (Å²) in [7, 11) is 0. The van der Waals surface area contributed by atoms with Crippen molar-refractivity contribution in [1.82, 2.24) is 20.4 Å². The molecule has 1 heterocycles. The molecule has 9 heteroatoms. The SMILES string of the molecule is CCCNC(=O)[C@H](C)NC(=O)Cn1ncc(Cl)c(Cl)c1=O. The Morgan fingerprint density at radius 2 is 2.10 bits per heavy atom. The Labute approximate surface area is 131 Å². The van der Waals surface area contributed by atoms with Crippen molar-refractivity contribution in [3.05, 3.63) is 26.6 Å². The number of rotatable bonds is 6. The Morgan fingerprint density at radius 1 is 1.43 bits per heavy atom. The second-order valence-electron chi connectivity index (χ2n) is 4.35. The van der Waals surface area contributed by atoms with Crippen LogP contribution >= 0.6 is 23.2 Å². The predicted molar refractivity (Wildman–Crippen MR) is 79.4 cm³/mol. The fourth-order valence-electron chi connectivity index (χ4n) is 1.45. The average molecular weight is 335 g/mol. The number of hydrogen-bond acceptors (Lipinski definition) is 4. The summed E-state index contributed by atoms with van der Waals surface area (Å²) in [5, 5.41) is 8.65. The molecule has 0 spiro atoms. The van der Waals surface area contributed by atoms with Gasteiger partial charge in [-0.3, -0.25) is 14.4 Å². The monoisotopic (exact) mass is 334 g/mol. The van der Waals surface area contributed by atoms with E-state index >= 15 is 0 Å². The third-order valence-electron chi connectivity index (χ3n) is 2.56. The molecule has 1 aromatic heterocycles. The summed E-state index contributed by atoms with van der Waals surface area (Å²) < 4.78 is 0.875. The van der Waals surface area contributed by atoms with Gasteiger partial charge in [0.05, 0.1) is 11.2 Å². The number of amides is 2. The van der Waals surface area contributed by atoms with Crippen LogP contribution in [0.15, 0.2) is 11.0 Å². The molecule has 0 aliphatic carbocycles. The molecular weight excluding hydrogens is 319 g/mol. The Bertz CT molecular complexity index is 588. The first-order valence-electron chi connectivity index (χ1n) is 6.35. The van der Waals surface area contributed by atoms with Gasteiger partial charge in [-0.1, -0.05) is 30.1 Å². The van der Waals surface area contributed by atoms with E-state index in [1.165, 1.54) is 6.20 Å². The molecule has 2 N–H and O–H groups in total. The first-order valence-corrected chi connectivity index (χ1v) is 7.10. The molecule has 116 valence electrons. The highest BCUT2D eigenvalue weighted by Gasteiger charge is 2.16. The van der Waals surface area contributed by atoms with E-state index in [0.29, 0.717) is 6.54 Å². The van der Waals surface area contributed by atoms with Gasteiger partial charge in [0, 0.05) is 6.54 Å². The molecule has 21 heavy (non-hydrogen) atoms. The Kier molecular flexibility index (Phi) is 6.64. The van der Waals surface area contributed by atoms with E-state index in [9.17, 15) is 14.4 Å². The van der Waals surface area contributed by atoms with Crippen LogP contribution in [-0.4, -0.2) is 34.2 Å². The lowest BCUT2D eigenvalue weighted by molar-refractivity contribution is -0.129. The Morgan fingerprint density at radius 3 is 2.71 bits per heavy atom. The van der Waals surface area contributed by atoms with Gasteiger partial charge >= 0.3 is 0 Å². The lowest BCUT2D eigenvalue weighted by Gasteiger charge is -2.14. The van der Waals surface area contributed by atoms with Crippen molar-refractivity contribution in [2.24, 2.45) is 0 Å². The number of hydrogen-bond donors (Lipinski definition) is 2. The lowest BCUT2D eigenvalue weighted by atomic mass is 10.3. The molecule has 0 bridgehead atoms. The van der Waals surface area contributed by atoms with Gasteiger partial charge in [-0.2, -0.15) is 5.10 Å².